The first kappa shape index (κ1) is 17.3. The molecule has 0 N–H and O–H groups in total. The van der Waals surface area contributed by atoms with E-state index in [1.165, 1.54) is 0 Å². The van der Waals surface area contributed by atoms with Crippen LogP contribution < -0.4 is 15.2 Å². The molecule has 27 heavy (non-hydrogen) atoms. The molecule has 1 aromatic carbocycles. The van der Waals surface area contributed by atoms with Crippen molar-refractivity contribution >= 4 is 22.9 Å². The normalized spacial score (nSPS) is 14.9. The fourth-order valence-corrected chi connectivity index (χ4v) is 3.39. The van der Waals surface area contributed by atoms with Crippen molar-refractivity contribution in [2.24, 2.45) is 4.99 Å². The fourth-order valence-electron chi connectivity index (χ4n) is 3.39. The van der Waals surface area contributed by atoms with Gasteiger partial charge < -0.3 is 9.30 Å². The topological polar surface area (TPSA) is 77.5 Å². The standard InChI is InChI=1S/C19H22N6O2/c1-4-20-15-11-25-18(26)16-17(22-19(25)24(15)5-2)23(12-21-16)10-13-6-8-14(27-3)9-7-13/h6-9,12H,4-5,10-11H2,1-3H3/b20-15+. The molecular formula is C19H22N6O2. The van der Waals surface area contributed by atoms with Crippen LogP contribution in [-0.2, 0) is 13.1 Å². The molecule has 0 aliphatic carbocycles. The molecule has 8 nitrogen and oxygen atoms in total. The first-order valence-corrected chi connectivity index (χ1v) is 9.05. The van der Waals surface area contributed by atoms with Crippen molar-refractivity contribution < 1.29 is 4.74 Å². The van der Waals surface area contributed by atoms with Crippen LogP contribution >= 0.6 is 0 Å². The van der Waals surface area contributed by atoms with E-state index in [1.54, 1.807) is 18.0 Å². The van der Waals surface area contributed by atoms with Crippen molar-refractivity contribution in [2.45, 2.75) is 26.9 Å². The summed E-state index contributed by atoms with van der Waals surface area (Å²) in [5.41, 5.74) is 1.95. The van der Waals surface area contributed by atoms with E-state index in [-0.39, 0.29) is 5.56 Å². The lowest BCUT2D eigenvalue weighted by atomic mass is 10.2. The molecule has 1 aliphatic rings. The number of methoxy groups -OCH3 is 1. The number of fused-ring (bicyclic) bond motifs is 2. The van der Waals surface area contributed by atoms with Crippen molar-refractivity contribution in [2.75, 3.05) is 25.1 Å². The Hall–Kier alpha value is -3.16. The van der Waals surface area contributed by atoms with Crippen LogP contribution in [0.2, 0.25) is 0 Å². The summed E-state index contributed by atoms with van der Waals surface area (Å²) in [6.07, 6.45) is 1.68. The molecule has 3 aromatic rings. The van der Waals surface area contributed by atoms with Crippen molar-refractivity contribution in [1.82, 2.24) is 19.1 Å². The molecule has 2 aromatic heterocycles. The van der Waals surface area contributed by atoms with E-state index in [9.17, 15) is 4.79 Å². The summed E-state index contributed by atoms with van der Waals surface area (Å²) in [6.45, 7) is 6.44. The molecule has 0 radical (unpaired) electrons. The van der Waals surface area contributed by atoms with E-state index in [2.05, 4.69) is 9.98 Å². The van der Waals surface area contributed by atoms with E-state index in [0.717, 1.165) is 17.1 Å². The van der Waals surface area contributed by atoms with Gasteiger partial charge in [0.25, 0.3) is 5.56 Å². The minimum atomic E-state index is -0.122. The number of anilines is 1. The van der Waals surface area contributed by atoms with E-state index in [4.69, 9.17) is 9.72 Å². The highest BCUT2D eigenvalue weighted by Gasteiger charge is 2.29. The third kappa shape index (κ3) is 2.87. The molecule has 4 rings (SSSR count). The Morgan fingerprint density at radius 3 is 2.67 bits per heavy atom. The van der Waals surface area contributed by atoms with Crippen LogP contribution in [0.4, 0.5) is 5.95 Å². The third-order valence-corrected chi connectivity index (χ3v) is 4.73. The summed E-state index contributed by atoms with van der Waals surface area (Å²) < 4.78 is 8.77. The maximum atomic E-state index is 12.9. The lowest BCUT2D eigenvalue weighted by Gasteiger charge is -2.15. The molecule has 0 spiro atoms. The van der Waals surface area contributed by atoms with Gasteiger partial charge in [0.2, 0.25) is 5.95 Å². The summed E-state index contributed by atoms with van der Waals surface area (Å²) in [7, 11) is 1.64. The Kier molecular flexibility index (Phi) is 4.39. The van der Waals surface area contributed by atoms with Crippen LogP contribution in [-0.4, -0.2) is 45.1 Å². The molecule has 8 heteroatoms. The number of amidine groups is 1. The molecule has 0 unspecified atom stereocenters. The summed E-state index contributed by atoms with van der Waals surface area (Å²) in [5.74, 6) is 2.32. The monoisotopic (exact) mass is 366 g/mol. The van der Waals surface area contributed by atoms with Gasteiger partial charge in [0.15, 0.2) is 11.2 Å². The lowest BCUT2D eigenvalue weighted by Crippen LogP contribution is -2.27. The first-order chi connectivity index (χ1) is 13.2. The van der Waals surface area contributed by atoms with Gasteiger partial charge in [-0.15, -0.1) is 0 Å². The van der Waals surface area contributed by atoms with Gasteiger partial charge in [-0.3, -0.25) is 19.3 Å². The molecule has 0 atom stereocenters. The highest BCUT2D eigenvalue weighted by molar-refractivity contribution is 6.00. The van der Waals surface area contributed by atoms with Crippen LogP contribution in [0.5, 0.6) is 5.75 Å². The second-order valence-electron chi connectivity index (χ2n) is 6.33. The first-order valence-electron chi connectivity index (χ1n) is 9.05. The largest absolute Gasteiger partial charge is 0.497 e. The lowest BCUT2D eigenvalue weighted by molar-refractivity contribution is 0.414. The van der Waals surface area contributed by atoms with E-state index in [0.29, 0.717) is 43.3 Å². The number of nitrogens with zero attached hydrogens (tertiary/aromatic N) is 6. The number of hydrogen-bond acceptors (Lipinski definition) is 5. The molecule has 0 amide bonds. The maximum absolute atomic E-state index is 12.9. The minimum absolute atomic E-state index is 0.122. The number of benzene rings is 1. The number of imidazole rings is 1. The average molecular weight is 366 g/mol. The number of ether oxygens (including phenoxy) is 1. The molecule has 0 fully saturated rings. The van der Waals surface area contributed by atoms with E-state index in [1.807, 2.05) is 47.6 Å². The Balaban J connectivity index is 1.77. The van der Waals surface area contributed by atoms with Crippen molar-refractivity contribution in [3.05, 3.63) is 46.5 Å². The molecular weight excluding hydrogens is 344 g/mol. The van der Waals surface area contributed by atoms with E-state index < -0.39 is 0 Å². The van der Waals surface area contributed by atoms with Gasteiger partial charge in [-0.1, -0.05) is 12.1 Å². The van der Waals surface area contributed by atoms with Crippen LogP contribution in [0.1, 0.15) is 19.4 Å². The zero-order valence-electron chi connectivity index (χ0n) is 15.7. The summed E-state index contributed by atoms with van der Waals surface area (Å²) in [5, 5.41) is 0. The van der Waals surface area contributed by atoms with E-state index >= 15 is 0 Å². The fraction of sp³-hybridized carbons (Fsp3) is 0.368. The third-order valence-electron chi connectivity index (χ3n) is 4.73. The second-order valence-corrected chi connectivity index (χ2v) is 6.33. The van der Waals surface area contributed by atoms with Crippen LogP contribution in [0.3, 0.4) is 0 Å². The van der Waals surface area contributed by atoms with Gasteiger partial charge in [-0.2, -0.15) is 4.98 Å². The number of aliphatic imine (C=N–C) groups is 1. The summed E-state index contributed by atoms with van der Waals surface area (Å²) in [6, 6.07) is 7.83. The minimum Gasteiger partial charge on any atom is -0.497 e. The molecule has 0 saturated heterocycles. The average Bonchev–Trinajstić information content (AvgIpc) is 3.25. The number of aromatic nitrogens is 4. The van der Waals surface area contributed by atoms with Crippen LogP contribution in [0.15, 0.2) is 40.4 Å². The van der Waals surface area contributed by atoms with Crippen LogP contribution in [0, 0.1) is 0 Å². The van der Waals surface area contributed by atoms with Gasteiger partial charge in [0, 0.05) is 13.1 Å². The summed E-state index contributed by atoms with van der Waals surface area (Å²) in [4.78, 5) is 28.5. The second kappa shape index (κ2) is 6.86. The summed E-state index contributed by atoms with van der Waals surface area (Å²) >= 11 is 0. The Morgan fingerprint density at radius 1 is 1.22 bits per heavy atom. The van der Waals surface area contributed by atoms with Gasteiger partial charge in [-0.05, 0) is 31.5 Å². The van der Waals surface area contributed by atoms with Crippen molar-refractivity contribution in [1.29, 1.82) is 0 Å². The maximum Gasteiger partial charge on any atom is 0.283 e. The van der Waals surface area contributed by atoms with Gasteiger partial charge >= 0.3 is 0 Å². The highest BCUT2D eigenvalue weighted by Crippen LogP contribution is 2.22. The number of likely N-dealkylation sites (N-methyl/N-ethyl adjacent to an activating group) is 1. The zero-order chi connectivity index (χ0) is 19.0. The smallest absolute Gasteiger partial charge is 0.283 e. The Labute approximate surface area is 156 Å². The Morgan fingerprint density at radius 2 is 2.00 bits per heavy atom. The van der Waals surface area contributed by atoms with Crippen LogP contribution in [0.25, 0.3) is 11.2 Å². The SMILES string of the molecule is CC/N=C1\Cn2c(nc3c(ncn3Cc3ccc(OC)cc3)c2=O)N1CC. The number of hydrogen-bond donors (Lipinski definition) is 0. The van der Waals surface area contributed by atoms with Crippen molar-refractivity contribution in [3.8, 4) is 5.75 Å². The highest BCUT2D eigenvalue weighted by atomic mass is 16.5. The van der Waals surface area contributed by atoms with Gasteiger partial charge in [0.05, 0.1) is 26.5 Å². The predicted molar refractivity (Wildman–Crippen MR) is 105 cm³/mol. The molecule has 0 bridgehead atoms. The molecule has 0 saturated carbocycles. The molecule has 1 aliphatic heterocycles. The molecule has 3 heterocycles. The number of rotatable bonds is 5. The van der Waals surface area contributed by atoms with Crippen molar-refractivity contribution in [3.63, 3.8) is 0 Å². The Bertz CT molecular complexity index is 1060. The molecule has 140 valence electrons. The van der Waals surface area contributed by atoms with Gasteiger partial charge in [-0.25, -0.2) is 4.98 Å². The zero-order valence-corrected chi connectivity index (χ0v) is 15.7. The van der Waals surface area contributed by atoms with Gasteiger partial charge in [0.1, 0.15) is 11.6 Å². The quantitative estimate of drug-likeness (QED) is 0.689. The predicted octanol–water partition coefficient (Wildman–Crippen LogP) is 1.91.